The van der Waals surface area contributed by atoms with Gasteiger partial charge in [0.2, 0.25) is 0 Å². The summed E-state index contributed by atoms with van der Waals surface area (Å²) in [5.41, 5.74) is 0.800. The molecule has 0 saturated heterocycles. The largest absolute Gasteiger partial charge is 0.484 e. The minimum atomic E-state index is -0.409. The van der Waals surface area contributed by atoms with Gasteiger partial charge in [0.15, 0.2) is 6.61 Å². The fraction of sp³-hybridized carbons (Fsp3) is 0.263. The van der Waals surface area contributed by atoms with Crippen LogP contribution in [0.1, 0.15) is 30.6 Å². The number of para-hydroxylation sites is 1. The highest BCUT2D eigenvalue weighted by atomic mass is 19.1. The van der Waals surface area contributed by atoms with Crippen molar-refractivity contribution in [2.45, 2.75) is 26.3 Å². The molecule has 2 aromatic rings. The summed E-state index contributed by atoms with van der Waals surface area (Å²) in [7, 11) is 0. The van der Waals surface area contributed by atoms with Gasteiger partial charge in [0.25, 0.3) is 11.8 Å². The SMILES string of the molecule is CCC(C)NC(=O)c1ccccc1NC(=O)COc1ccc(F)cc1. The Labute approximate surface area is 146 Å². The number of anilines is 1. The van der Waals surface area contributed by atoms with Crippen LogP contribution in [0.25, 0.3) is 0 Å². The van der Waals surface area contributed by atoms with Gasteiger partial charge in [0.05, 0.1) is 11.3 Å². The first-order valence-electron chi connectivity index (χ1n) is 8.07. The molecular formula is C19H21FN2O3. The van der Waals surface area contributed by atoms with Crippen LogP contribution in [-0.2, 0) is 4.79 Å². The van der Waals surface area contributed by atoms with Gasteiger partial charge in [-0.3, -0.25) is 9.59 Å². The number of ether oxygens (including phenoxy) is 1. The van der Waals surface area contributed by atoms with Crippen LogP contribution in [0.5, 0.6) is 5.75 Å². The fourth-order valence-corrected chi connectivity index (χ4v) is 2.06. The van der Waals surface area contributed by atoms with E-state index in [0.717, 1.165) is 6.42 Å². The van der Waals surface area contributed by atoms with Gasteiger partial charge in [-0.05, 0) is 49.7 Å². The highest BCUT2D eigenvalue weighted by molar-refractivity contribution is 6.04. The third-order valence-electron chi connectivity index (χ3n) is 3.62. The lowest BCUT2D eigenvalue weighted by Gasteiger charge is -2.14. The van der Waals surface area contributed by atoms with E-state index in [1.165, 1.54) is 24.3 Å². The topological polar surface area (TPSA) is 67.4 Å². The van der Waals surface area contributed by atoms with Gasteiger partial charge < -0.3 is 15.4 Å². The Morgan fingerprint density at radius 3 is 2.48 bits per heavy atom. The van der Waals surface area contributed by atoms with Gasteiger partial charge in [-0.15, -0.1) is 0 Å². The Morgan fingerprint density at radius 2 is 1.80 bits per heavy atom. The molecule has 0 bridgehead atoms. The van der Waals surface area contributed by atoms with E-state index in [4.69, 9.17) is 4.74 Å². The summed E-state index contributed by atoms with van der Waals surface area (Å²) in [4.78, 5) is 24.4. The lowest BCUT2D eigenvalue weighted by molar-refractivity contribution is -0.118. The molecule has 2 N–H and O–H groups in total. The van der Waals surface area contributed by atoms with Crippen LogP contribution in [-0.4, -0.2) is 24.5 Å². The van der Waals surface area contributed by atoms with Gasteiger partial charge in [0, 0.05) is 6.04 Å². The molecule has 0 aromatic heterocycles. The molecule has 0 fully saturated rings. The van der Waals surface area contributed by atoms with Crippen LogP contribution >= 0.6 is 0 Å². The highest BCUT2D eigenvalue weighted by Gasteiger charge is 2.14. The summed E-state index contributed by atoms with van der Waals surface area (Å²) in [6.45, 7) is 3.65. The number of nitrogens with one attached hydrogen (secondary N) is 2. The number of hydrogen-bond acceptors (Lipinski definition) is 3. The van der Waals surface area contributed by atoms with Crippen LogP contribution < -0.4 is 15.4 Å². The summed E-state index contributed by atoms with van der Waals surface area (Å²) in [6.07, 6.45) is 0.811. The lowest BCUT2D eigenvalue weighted by atomic mass is 10.1. The second-order valence-corrected chi connectivity index (χ2v) is 5.62. The van der Waals surface area contributed by atoms with Crippen LogP contribution in [0.4, 0.5) is 10.1 Å². The van der Waals surface area contributed by atoms with Crippen molar-refractivity contribution in [2.24, 2.45) is 0 Å². The minimum absolute atomic E-state index is 0.0399. The van der Waals surface area contributed by atoms with Crippen molar-refractivity contribution in [3.05, 3.63) is 59.9 Å². The molecule has 0 heterocycles. The Kier molecular flexibility index (Phi) is 6.51. The molecule has 5 nitrogen and oxygen atoms in total. The van der Waals surface area contributed by atoms with Crippen molar-refractivity contribution in [2.75, 3.05) is 11.9 Å². The molecule has 1 atom stereocenters. The molecule has 0 radical (unpaired) electrons. The van der Waals surface area contributed by atoms with E-state index in [1.54, 1.807) is 24.3 Å². The van der Waals surface area contributed by atoms with Crippen LogP contribution in [0.2, 0.25) is 0 Å². The third-order valence-corrected chi connectivity index (χ3v) is 3.62. The lowest BCUT2D eigenvalue weighted by Crippen LogP contribution is -2.33. The first kappa shape index (κ1) is 18.4. The van der Waals surface area contributed by atoms with Crippen molar-refractivity contribution in [3.8, 4) is 5.75 Å². The smallest absolute Gasteiger partial charge is 0.262 e. The molecule has 132 valence electrons. The van der Waals surface area contributed by atoms with E-state index in [9.17, 15) is 14.0 Å². The third kappa shape index (κ3) is 5.60. The molecule has 25 heavy (non-hydrogen) atoms. The van der Waals surface area contributed by atoms with Crippen LogP contribution in [0.3, 0.4) is 0 Å². The quantitative estimate of drug-likeness (QED) is 0.809. The summed E-state index contributed by atoms with van der Waals surface area (Å²) in [6, 6.07) is 12.2. The molecule has 0 aliphatic rings. The number of hydrogen-bond donors (Lipinski definition) is 2. The standard InChI is InChI=1S/C19H21FN2O3/c1-3-13(2)21-19(24)16-6-4-5-7-17(16)22-18(23)12-25-15-10-8-14(20)9-11-15/h4-11,13H,3,12H2,1-2H3,(H,21,24)(H,22,23). The van der Waals surface area contributed by atoms with Crippen molar-refractivity contribution >= 4 is 17.5 Å². The van der Waals surface area contributed by atoms with Crippen molar-refractivity contribution < 1.29 is 18.7 Å². The van der Waals surface area contributed by atoms with E-state index in [2.05, 4.69) is 10.6 Å². The number of carbonyl (C=O) groups is 2. The van der Waals surface area contributed by atoms with E-state index in [-0.39, 0.29) is 24.4 Å². The second-order valence-electron chi connectivity index (χ2n) is 5.62. The summed E-state index contributed by atoms with van der Waals surface area (Å²) < 4.78 is 18.1. The van der Waals surface area contributed by atoms with Crippen molar-refractivity contribution in [3.63, 3.8) is 0 Å². The fourth-order valence-electron chi connectivity index (χ4n) is 2.06. The summed E-state index contributed by atoms with van der Waals surface area (Å²) in [5, 5.41) is 5.53. The predicted molar refractivity (Wildman–Crippen MR) is 94.2 cm³/mol. The van der Waals surface area contributed by atoms with E-state index < -0.39 is 5.91 Å². The molecule has 2 aromatic carbocycles. The molecular weight excluding hydrogens is 323 g/mol. The molecule has 1 unspecified atom stereocenters. The number of amides is 2. The summed E-state index contributed by atoms with van der Waals surface area (Å²) >= 11 is 0. The Morgan fingerprint density at radius 1 is 1.12 bits per heavy atom. The van der Waals surface area contributed by atoms with Gasteiger partial charge in [-0.2, -0.15) is 0 Å². The van der Waals surface area contributed by atoms with Crippen molar-refractivity contribution in [1.29, 1.82) is 0 Å². The maximum atomic E-state index is 12.8. The molecule has 0 aliphatic heterocycles. The zero-order valence-corrected chi connectivity index (χ0v) is 14.2. The van der Waals surface area contributed by atoms with Gasteiger partial charge in [-0.25, -0.2) is 4.39 Å². The zero-order chi connectivity index (χ0) is 18.2. The first-order chi connectivity index (χ1) is 12.0. The Bertz CT molecular complexity index is 732. The van der Waals surface area contributed by atoms with Crippen LogP contribution in [0, 0.1) is 5.82 Å². The van der Waals surface area contributed by atoms with Gasteiger partial charge >= 0.3 is 0 Å². The number of carbonyl (C=O) groups excluding carboxylic acids is 2. The zero-order valence-electron chi connectivity index (χ0n) is 14.2. The monoisotopic (exact) mass is 344 g/mol. The maximum absolute atomic E-state index is 12.8. The molecule has 0 saturated carbocycles. The number of halogens is 1. The normalized spacial score (nSPS) is 11.5. The summed E-state index contributed by atoms with van der Waals surface area (Å²) in [5.74, 6) is -0.643. The second kappa shape index (κ2) is 8.82. The van der Waals surface area contributed by atoms with Crippen LogP contribution in [0.15, 0.2) is 48.5 Å². The van der Waals surface area contributed by atoms with E-state index in [1.807, 2.05) is 13.8 Å². The molecule has 6 heteroatoms. The Hall–Kier alpha value is -2.89. The average molecular weight is 344 g/mol. The minimum Gasteiger partial charge on any atom is -0.484 e. The van der Waals surface area contributed by atoms with E-state index >= 15 is 0 Å². The molecule has 0 spiro atoms. The number of rotatable bonds is 7. The number of benzene rings is 2. The molecule has 2 amide bonds. The van der Waals surface area contributed by atoms with Gasteiger partial charge in [0.1, 0.15) is 11.6 Å². The highest BCUT2D eigenvalue weighted by Crippen LogP contribution is 2.16. The van der Waals surface area contributed by atoms with Gasteiger partial charge in [-0.1, -0.05) is 19.1 Å². The maximum Gasteiger partial charge on any atom is 0.262 e. The van der Waals surface area contributed by atoms with Crippen molar-refractivity contribution in [1.82, 2.24) is 5.32 Å². The average Bonchev–Trinajstić information content (AvgIpc) is 2.61. The predicted octanol–water partition coefficient (Wildman–Crippen LogP) is 3.37. The Balaban J connectivity index is 1.98. The first-order valence-corrected chi connectivity index (χ1v) is 8.07. The molecule has 2 rings (SSSR count). The van der Waals surface area contributed by atoms with E-state index in [0.29, 0.717) is 17.0 Å². The molecule has 0 aliphatic carbocycles.